The fraction of sp³-hybridized carbons (Fsp3) is 0.798. The lowest BCUT2D eigenvalue weighted by atomic mass is 9.84. The van der Waals surface area contributed by atoms with Crippen molar-refractivity contribution in [3.8, 4) is 0 Å². The molecule has 2 saturated heterocycles. The second-order valence-electron chi connectivity index (χ2n) is 31.4. The lowest BCUT2D eigenvalue weighted by Gasteiger charge is -2.33. The van der Waals surface area contributed by atoms with Crippen LogP contribution < -0.4 is 47.9 Å². The van der Waals surface area contributed by atoms with Gasteiger partial charge in [-0.05, 0) is 97.8 Å². The van der Waals surface area contributed by atoms with Crippen molar-refractivity contribution in [1.29, 1.82) is 0 Å². The number of hydrogen-bond donors (Lipinski definition) is 9. The Morgan fingerprint density at radius 1 is 0.362 bits per heavy atom. The highest BCUT2D eigenvalue weighted by Crippen LogP contribution is 2.33. The lowest BCUT2D eigenvalue weighted by molar-refractivity contribution is -0.132. The van der Waals surface area contributed by atoms with E-state index in [9.17, 15) is 43.2 Å². The SMILES string of the molecule is CCCCOC1C2=CCC[C@H]1C(=O)NCCN(CCOCCOCCOC)CCNC(=O)C1CCC=C(C(=O)NCCN(CCN3CCNC(=O)C4=CCCC(C(=O)NCCN(CCOCCOCCNC(=O)OC(C)(C)C)CCNC(=O)C5CCC=C(C(=O)NCC3)[C@@H]5OCCCC)[C@@H]4OCCCC)CCNC2=O)[C@H]1OCCCC. The van der Waals surface area contributed by atoms with Gasteiger partial charge in [-0.1, -0.05) is 77.7 Å². The second-order valence-corrected chi connectivity index (χ2v) is 31.4. The van der Waals surface area contributed by atoms with Gasteiger partial charge >= 0.3 is 6.09 Å². The number of fused-ring (bicyclic) bond motifs is 8. The molecule has 4 aliphatic carbocycles. The summed E-state index contributed by atoms with van der Waals surface area (Å²) >= 11 is 0. The summed E-state index contributed by atoms with van der Waals surface area (Å²) in [4.78, 5) is 137. The molecular weight excluding hydrogens is 1490 g/mol. The fourth-order valence-corrected chi connectivity index (χ4v) is 14.7. The minimum atomic E-state index is -0.813. The predicted molar refractivity (Wildman–Crippen MR) is 441 cm³/mol. The molecule has 2 aliphatic heterocycles. The van der Waals surface area contributed by atoms with Crippen LogP contribution in [0.5, 0.6) is 0 Å². The molecule has 9 amide bonds. The molecule has 32 nitrogen and oxygen atoms in total. The van der Waals surface area contributed by atoms with Gasteiger partial charge < -0.3 is 95.2 Å². The molecule has 0 spiro atoms. The summed E-state index contributed by atoms with van der Waals surface area (Å²) in [5, 5.41) is 28.0. The van der Waals surface area contributed by atoms with Gasteiger partial charge in [0.2, 0.25) is 47.3 Å². The van der Waals surface area contributed by atoms with Gasteiger partial charge in [-0.15, -0.1) is 0 Å². The number of rotatable bonds is 37. The predicted octanol–water partition coefficient (Wildman–Crippen LogP) is 3.48. The second kappa shape index (κ2) is 57.6. The molecule has 4 unspecified atom stereocenters. The van der Waals surface area contributed by atoms with Gasteiger partial charge in [0, 0.05) is 193 Å². The van der Waals surface area contributed by atoms with Crippen molar-refractivity contribution in [3.05, 3.63) is 46.6 Å². The van der Waals surface area contributed by atoms with Crippen LogP contribution in [0.2, 0.25) is 0 Å². The van der Waals surface area contributed by atoms with Crippen LogP contribution in [-0.4, -0.2) is 333 Å². The maximum Gasteiger partial charge on any atom is 0.407 e. The van der Waals surface area contributed by atoms with E-state index in [-0.39, 0.29) is 113 Å². The number of methoxy groups -OCH3 is 1. The zero-order valence-corrected chi connectivity index (χ0v) is 71.3. The van der Waals surface area contributed by atoms with Crippen molar-refractivity contribution < 1.29 is 90.5 Å². The van der Waals surface area contributed by atoms with Gasteiger partial charge in [0.05, 0.1) is 108 Å². The van der Waals surface area contributed by atoms with Crippen LogP contribution in [0.4, 0.5) is 4.79 Å². The number of hydrogen-bond acceptors (Lipinski definition) is 23. The molecule has 8 bridgehead atoms. The third-order valence-electron chi connectivity index (χ3n) is 21.3. The molecule has 0 radical (unpaired) electrons. The first-order valence-corrected chi connectivity index (χ1v) is 43.5. The van der Waals surface area contributed by atoms with E-state index in [0.717, 1.165) is 51.4 Å². The zero-order valence-electron chi connectivity index (χ0n) is 71.3. The number of alkyl carbamates (subject to hydrolysis) is 1. The van der Waals surface area contributed by atoms with Crippen LogP contribution in [0.15, 0.2) is 46.6 Å². The van der Waals surface area contributed by atoms with Crippen molar-refractivity contribution in [3.63, 3.8) is 0 Å². The molecule has 6 aliphatic rings. The molecule has 9 N–H and O–H groups in total. The molecule has 0 aromatic rings. The quantitative estimate of drug-likeness (QED) is 0.0402. The molecule has 2 fully saturated rings. The largest absolute Gasteiger partial charge is 0.444 e. The monoisotopic (exact) mass is 1640 g/mol. The van der Waals surface area contributed by atoms with E-state index in [1.807, 2.05) is 24.3 Å². The molecule has 6 rings (SSSR count). The van der Waals surface area contributed by atoms with E-state index in [0.29, 0.717) is 231 Å². The minimum absolute atomic E-state index is 0.177. The normalized spacial score (nSPS) is 24.3. The number of ether oxygens (including phenoxy) is 10. The van der Waals surface area contributed by atoms with Gasteiger partial charge in [0.1, 0.15) is 5.60 Å². The average molecular weight is 1640 g/mol. The topological polar surface area (TPSA) is 367 Å². The Morgan fingerprint density at radius 2 is 0.621 bits per heavy atom. The number of carbonyl (C=O) groups is 9. The number of amides is 9. The summed E-state index contributed by atoms with van der Waals surface area (Å²) < 4.78 is 59.5. The van der Waals surface area contributed by atoms with Crippen LogP contribution in [0, 0.1) is 23.7 Å². The Kier molecular flexibility index (Phi) is 48.8. The molecule has 8 atom stereocenters. The average Bonchev–Trinajstić information content (AvgIpc) is 0.834. The van der Waals surface area contributed by atoms with E-state index in [1.54, 1.807) is 27.9 Å². The Morgan fingerprint density at radius 3 is 0.897 bits per heavy atom. The highest BCUT2D eigenvalue weighted by molar-refractivity contribution is 5.98. The number of nitrogens with zero attached hydrogens (tertiary/aromatic N) is 4. The van der Waals surface area contributed by atoms with E-state index >= 15 is 0 Å². The Hall–Kier alpha value is -6.53. The fourth-order valence-electron chi connectivity index (χ4n) is 14.7. The summed E-state index contributed by atoms with van der Waals surface area (Å²) in [6.07, 6.45) is 13.9. The summed E-state index contributed by atoms with van der Waals surface area (Å²) in [7, 11) is 1.62. The molecule has 0 aromatic carbocycles. The lowest BCUT2D eigenvalue weighted by Crippen LogP contribution is -2.50. The minimum Gasteiger partial charge on any atom is -0.444 e. The Bertz CT molecular complexity index is 2890. The molecule has 660 valence electrons. The number of allylic oxidation sites excluding steroid dienone is 4. The van der Waals surface area contributed by atoms with Crippen molar-refractivity contribution in [2.45, 2.75) is 181 Å². The maximum absolute atomic E-state index is 14.7. The van der Waals surface area contributed by atoms with Gasteiger partial charge in [-0.2, -0.15) is 0 Å². The zero-order chi connectivity index (χ0) is 83.6. The molecule has 0 saturated carbocycles. The first-order valence-electron chi connectivity index (χ1n) is 43.5. The number of unbranched alkanes of at least 4 members (excludes halogenated alkanes) is 4. The van der Waals surface area contributed by atoms with Crippen LogP contribution in [-0.2, 0) is 85.7 Å². The van der Waals surface area contributed by atoms with Crippen LogP contribution in [0.25, 0.3) is 0 Å². The van der Waals surface area contributed by atoms with Crippen molar-refractivity contribution >= 4 is 53.4 Å². The van der Waals surface area contributed by atoms with E-state index < -0.39 is 59.8 Å². The van der Waals surface area contributed by atoms with Crippen LogP contribution in [0.1, 0.15) is 151 Å². The van der Waals surface area contributed by atoms with Gasteiger partial charge in [-0.3, -0.25) is 58.0 Å². The standard InChI is InChI=1S/C84H145N13O19/c1-9-13-50-112-71-63-21-17-25-67(71)79(102)89-33-42-96(48-55-109-60-59-108-54-37-93-83(106)116-84(5,6)7)43-34-90-80(103)68-26-18-22-64(72(68)113-51-14-10-2)76(99)86-30-39-94(38-29-85-75(63)98)46-47-95-40-31-87-77(100)65-23-19-27-69(73(65)114-52-15-11-3)81(104)91-35-44-97(49-56-110-61-62-111-58-57-107-8)45-36-92-82(105)70-28-20-24-66(78(101)88-32-41-95)74(70)115-53-16-12-4/h21-24,67-74H,9-20,25-62H2,1-8H3,(H,85,98)(H,86,99)(H,87,100)(H,88,101)(H,89,102)(H,90,103)(H,91,104)(H,92,105)(H,93,106)/t67?,68?,69-,70?,71-,72+,73?,74-/m1/s1. The number of carbonyl (C=O) groups excluding carboxylic acids is 9. The van der Waals surface area contributed by atoms with Crippen molar-refractivity contribution in [2.75, 3.05) is 230 Å². The van der Waals surface area contributed by atoms with Gasteiger partial charge in [0.15, 0.2) is 0 Å². The summed E-state index contributed by atoms with van der Waals surface area (Å²) in [6.45, 7) is 25.2. The van der Waals surface area contributed by atoms with E-state index in [4.69, 9.17) is 47.4 Å². The molecule has 0 aromatic heterocycles. The van der Waals surface area contributed by atoms with Crippen LogP contribution in [0.3, 0.4) is 0 Å². The Balaban J connectivity index is 1.23. The third kappa shape index (κ3) is 37.0. The number of nitrogens with one attached hydrogen (secondary N) is 9. The summed E-state index contributed by atoms with van der Waals surface area (Å²) in [6, 6.07) is 0. The first-order chi connectivity index (χ1) is 56.3. The smallest absolute Gasteiger partial charge is 0.407 e. The first kappa shape index (κ1) is 98.3. The molecular formula is C84H145N13O19. The van der Waals surface area contributed by atoms with Gasteiger partial charge in [0.25, 0.3) is 0 Å². The summed E-state index contributed by atoms with van der Waals surface area (Å²) in [5.74, 6) is -4.88. The Labute approximate surface area is 690 Å². The summed E-state index contributed by atoms with van der Waals surface area (Å²) in [5.41, 5.74) is 0.939. The molecule has 116 heavy (non-hydrogen) atoms. The van der Waals surface area contributed by atoms with Crippen molar-refractivity contribution in [1.82, 2.24) is 67.5 Å². The molecule has 2 heterocycles. The van der Waals surface area contributed by atoms with E-state index in [2.05, 4.69) is 95.1 Å². The third-order valence-corrected chi connectivity index (χ3v) is 21.3. The highest BCUT2D eigenvalue weighted by Gasteiger charge is 2.42. The molecule has 32 heteroatoms. The van der Waals surface area contributed by atoms with Crippen LogP contribution >= 0.6 is 0 Å². The van der Waals surface area contributed by atoms with E-state index in [1.165, 1.54) is 0 Å². The van der Waals surface area contributed by atoms with Crippen molar-refractivity contribution in [2.24, 2.45) is 23.7 Å². The van der Waals surface area contributed by atoms with Gasteiger partial charge in [-0.25, -0.2) is 4.79 Å². The highest BCUT2D eigenvalue weighted by atomic mass is 16.6. The maximum atomic E-state index is 14.7.